The molecule has 4 aromatic rings. The summed E-state index contributed by atoms with van der Waals surface area (Å²) in [4.78, 5) is 19.3. The number of ether oxygens (including phenoxy) is 2. The summed E-state index contributed by atoms with van der Waals surface area (Å²) in [5, 5.41) is 3.98. The van der Waals surface area contributed by atoms with Crippen LogP contribution in [0, 0.1) is 11.6 Å². The van der Waals surface area contributed by atoms with Gasteiger partial charge in [0.1, 0.15) is 0 Å². The second-order valence-electron chi connectivity index (χ2n) is 7.67. The van der Waals surface area contributed by atoms with Crippen molar-refractivity contribution in [3.8, 4) is 17.5 Å². The number of halogens is 5. The maximum Gasteiger partial charge on any atom is 0.417 e. The van der Waals surface area contributed by atoms with E-state index in [1.807, 2.05) is 0 Å². The molecule has 188 valence electrons. The number of nitrogens with zero attached hydrogens (tertiary/aromatic N) is 5. The van der Waals surface area contributed by atoms with Crippen LogP contribution in [0.15, 0.2) is 59.9 Å². The van der Waals surface area contributed by atoms with Gasteiger partial charge in [-0.1, -0.05) is 6.07 Å². The van der Waals surface area contributed by atoms with Gasteiger partial charge in [-0.2, -0.15) is 27.6 Å². The quantitative estimate of drug-likeness (QED) is 0.334. The molecule has 3 aromatic heterocycles. The number of benzene rings is 1. The van der Waals surface area contributed by atoms with Crippen molar-refractivity contribution in [3.63, 3.8) is 0 Å². The maximum atomic E-state index is 14.4. The van der Waals surface area contributed by atoms with Gasteiger partial charge in [0.15, 0.2) is 11.6 Å². The Bertz CT molecular complexity index is 1420. The number of pyridine rings is 1. The highest BCUT2D eigenvalue weighted by Gasteiger charge is 2.30. The highest BCUT2D eigenvalue weighted by Crippen LogP contribution is 2.30. The lowest BCUT2D eigenvalue weighted by Crippen LogP contribution is -2.24. The molecule has 0 bridgehead atoms. The zero-order valence-electron chi connectivity index (χ0n) is 18.7. The van der Waals surface area contributed by atoms with Gasteiger partial charge >= 0.3 is 11.9 Å². The van der Waals surface area contributed by atoms with Gasteiger partial charge in [0, 0.05) is 37.5 Å². The number of aromatic nitrogens is 5. The lowest BCUT2D eigenvalue weighted by atomic mass is 10.1. The Hall–Kier alpha value is -4.29. The van der Waals surface area contributed by atoms with Crippen molar-refractivity contribution in [2.45, 2.75) is 19.1 Å². The van der Waals surface area contributed by atoms with E-state index in [9.17, 15) is 26.7 Å². The van der Waals surface area contributed by atoms with Crippen LogP contribution < -0.4 is 15.2 Å². The molecule has 0 aliphatic carbocycles. The first-order valence-electron chi connectivity index (χ1n) is 10.5. The van der Waals surface area contributed by atoms with Crippen molar-refractivity contribution in [3.05, 3.63) is 93.9 Å². The van der Waals surface area contributed by atoms with Gasteiger partial charge in [-0.3, -0.25) is 9.25 Å². The SMILES string of the molecule is Cn1cc(Cn2cc(F)c(OCCc3ccc(Oc4ccc(C(F)(F)F)cn4)c(F)c3)nc2=O)cn1. The molecule has 0 unspecified atom stereocenters. The van der Waals surface area contributed by atoms with Crippen LogP contribution in [0.4, 0.5) is 22.0 Å². The minimum Gasteiger partial charge on any atom is -0.475 e. The normalized spacial score (nSPS) is 11.5. The predicted molar refractivity (Wildman–Crippen MR) is 116 cm³/mol. The van der Waals surface area contributed by atoms with Crippen molar-refractivity contribution >= 4 is 0 Å². The summed E-state index contributed by atoms with van der Waals surface area (Å²) in [6, 6.07) is 5.68. The number of hydrogen-bond acceptors (Lipinski definition) is 6. The third kappa shape index (κ3) is 6.03. The van der Waals surface area contributed by atoms with E-state index in [1.165, 1.54) is 12.1 Å². The van der Waals surface area contributed by atoms with E-state index in [0.717, 1.165) is 29.0 Å². The molecule has 1 aromatic carbocycles. The van der Waals surface area contributed by atoms with Crippen molar-refractivity contribution in [2.75, 3.05) is 6.61 Å². The first-order chi connectivity index (χ1) is 17.1. The van der Waals surface area contributed by atoms with Crippen molar-refractivity contribution in [2.24, 2.45) is 7.05 Å². The molecular weight excluding hydrogens is 489 g/mol. The molecule has 36 heavy (non-hydrogen) atoms. The largest absolute Gasteiger partial charge is 0.475 e. The van der Waals surface area contributed by atoms with Crippen LogP contribution >= 0.6 is 0 Å². The zero-order valence-corrected chi connectivity index (χ0v) is 18.7. The summed E-state index contributed by atoms with van der Waals surface area (Å²) in [7, 11) is 1.71. The van der Waals surface area contributed by atoms with E-state index in [1.54, 1.807) is 24.1 Å². The predicted octanol–water partition coefficient (Wildman–Crippen LogP) is 4.13. The number of alkyl halides is 3. The Morgan fingerprint density at radius 1 is 1.00 bits per heavy atom. The van der Waals surface area contributed by atoms with Crippen LogP contribution in [0.3, 0.4) is 0 Å². The second kappa shape index (κ2) is 10.1. The van der Waals surface area contributed by atoms with Crippen LogP contribution in [0.1, 0.15) is 16.7 Å². The summed E-state index contributed by atoms with van der Waals surface area (Å²) < 4.78 is 79.7. The van der Waals surface area contributed by atoms with Crippen LogP contribution in [0.25, 0.3) is 0 Å². The topological polar surface area (TPSA) is 84.1 Å². The average Bonchev–Trinajstić information content (AvgIpc) is 3.23. The molecule has 0 saturated carbocycles. The third-order valence-electron chi connectivity index (χ3n) is 4.93. The minimum absolute atomic E-state index is 0.0898. The highest BCUT2D eigenvalue weighted by molar-refractivity contribution is 5.33. The Kier molecular flexibility index (Phi) is 6.99. The molecule has 0 fully saturated rings. The fourth-order valence-electron chi connectivity index (χ4n) is 3.19. The summed E-state index contributed by atoms with van der Waals surface area (Å²) >= 11 is 0. The molecule has 0 aliphatic rings. The molecule has 0 atom stereocenters. The van der Waals surface area contributed by atoms with E-state index >= 15 is 0 Å². The summed E-state index contributed by atoms with van der Waals surface area (Å²) in [5.74, 6) is -2.54. The van der Waals surface area contributed by atoms with Crippen molar-refractivity contribution in [1.82, 2.24) is 24.3 Å². The number of aryl methyl sites for hydroxylation is 1. The Morgan fingerprint density at radius 3 is 2.44 bits per heavy atom. The summed E-state index contributed by atoms with van der Waals surface area (Å²) in [6.45, 7) is -0.0113. The fraction of sp³-hybridized carbons (Fsp3) is 0.217. The number of hydrogen-bond donors (Lipinski definition) is 0. The van der Waals surface area contributed by atoms with E-state index in [-0.39, 0.29) is 31.2 Å². The van der Waals surface area contributed by atoms with Crippen LogP contribution in [0.5, 0.6) is 17.5 Å². The molecule has 0 amide bonds. The fourth-order valence-corrected chi connectivity index (χ4v) is 3.19. The smallest absolute Gasteiger partial charge is 0.417 e. The molecule has 0 saturated heterocycles. The molecule has 4 rings (SSSR count). The third-order valence-corrected chi connectivity index (χ3v) is 4.93. The highest BCUT2D eigenvalue weighted by atomic mass is 19.4. The van der Waals surface area contributed by atoms with Crippen LogP contribution in [0.2, 0.25) is 0 Å². The monoisotopic (exact) mass is 507 g/mol. The second-order valence-corrected chi connectivity index (χ2v) is 7.67. The van der Waals surface area contributed by atoms with Gasteiger partial charge in [-0.25, -0.2) is 14.2 Å². The van der Waals surface area contributed by atoms with Gasteiger partial charge < -0.3 is 9.47 Å². The average molecular weight is 507 g/mol. The molecule has 13 heteroatoms. The van der Waals surface area contributed by atoms with E-state index in [2.05, 4.69) is 15.1 Å². The van der Waals surface area contributed by atoms with Crippen molar-refractivity contribution < 1.29 is 31.4 Å². The molecule has 0 radical (unpaired) electrons. The van der Waals surface area contributed by atoms with Crippen LogP contribution in [-0.4, -0.2) is 30.9 Å². The Labute approximate surface area is 200 Å². The van der Waals surface area contributed by atoms with Gasteiger partial charge in [0.25, 0.3) is 5.88 Å². The maximum absolute atomic E-state index is 14.4. The molecular formula is C23H18F5N5O3. The van der Waals surface area contributed by atoms with Gasteiger partial charge in [0.2, 0.25) is 11.7 Å². The van der Waals surface area contributed by atoms with Gasteiger partial charge in [-0.15, -0.1) is 0 Å². The summed E-state index contributed by atoms with van der Waals surface area (Å²) in [5.41, 5.74) is -0.509. The Balaban J connectivity index is 1.34. The summed E-state index contributed by atoms with van der Waals surface area (Å²) in [6.07, 6.45) is 0.404. The molecule has 8 nitrogen and oxygen atoms in total. The minimum atomic E-state index is -4.55. The molecule has 0 spiro atoms. The lowest BCUT2D eigenvalue weighted by molar-refractivity contribution is -0.137. The van der Waals surface area contributed by atoms with E-state index < -0.39 is 34.9 Å². The lowest BCUT2D eigenvalue weighted by Gasteiger charge is -2.10. The number of rotatable bonds is 8. The van der Waals surface area contributed by atoms with E-state index in [0.29, 0.717) is 17.3 Å². The first kappa shape index (κ1) is 24.8. The van der Waals surface area contributed by atoms with Crippen LogP contribution in [-0.2, 0) is 26.2 Å². The first-order valence-corrected chi connectivity index (χ1v) is 10.5. The molecule has 0 N–H and O–H groups in total. The molecule has 3 heterocycles. The van der Waals surface area contributed by atoms with Crippen molar-refractivity contribution in [1.29, 1.82) is 0 Å². The van der Waals surface area contributed by atoms with Gasteiger partial charge in [0.05, 0.1) is 31.1 Å². The van der Waals surface area contributed by atoms with E-state index in [4.69, 9.17) is 9.47 Å². The molecule has 0 aliphatic heterocycles. The zero-order chi connectivity index (χ0) is 25.9. The standard InChI is InChI=1S/C23H18F5N5O3/c1-32-11-15(9-30-32)12-33-13-18(25)21(31-22(33)34)35-7-6-14-2-4-19(17(24)8-14)36-20-5-3-16(10-29-20)23(26,27)28/h2-5,8-11,13H,6-7,12H2,1H3. The van der Waals surface area contributed by atoms with Gasteiger partial charge in [-0.05, 0) is 23.8 Å². The Morgan fingerprint density at radius 2 is 1.81 bits per heavy atom.